The maximum atomic E-state index is 11.0. The van der Waals surface area contributed by atoms with E-state index in [0.717, 1.165) is 6.54 Å². The van der Waals surface area contributed by atoms with Gasteiger partial charge in [-0.25, -0.2) is 0 Å². The molecule has 0 bridgehead atoms. The van der Waals surface area contributed by atoms with E-state index in [-0.39, 0.29) is 17.9 Å². The van der Waals surface area contributed by atoms with Crippen molar-refractivity contribution in [3.63, 3.8) is 0 Å². The smallest absolute Gasteiger partial charge is 0.320 e. The number of carboxylic acid groups (broad SMARTS) is 1. The zero-order chi connectivity index (χ0) is 11.6. The third-order valence-electron chi connectivity index (χ3n) is 3.50. The van der Waals surface area contributed by atoms with Gasteiger partial charge in [-0.3, -0.25) is 9.69 Å². The lowest BCUT2D eigenvalue weighted by atomic mass is 9.83. The van der Waals surface area contributed by atoms with Crippen LogP contribution >= 0.6 is 0 Å². The van der Waals surface area contributed by atoms with E-state index in [0.29, 0.717) is 13.0 Å². The van der Waals surface area contributed by atoms with Crippen molar-refractivity contribution in [3.05, 3.63) is 0 Å². The molecular weight excluding hydrogens is 194 g/mol. The van der Waals surface area contributed by atoms with Gasteiger partial charge in [0.25, 0.3) is 0 Å². The number of nitrogens with zero attached hydrogens (tertiary/aromatic N) is 1. The zero-order valence-corrected chi connectivity index (χ0v) is 9.73. The van der Waals surface area contributed by atoms with Crippen molar-refractivity contribution in [1.82, 2.24) is 4.90 Å². The number of rotatable bonds is 4. The summed E-state index contributed by atoms with van der Waals surface area (Å²) < 4.78 is 0. The van der Waals surface area contributed by atoms with Gasteiger partial charge in [-0.1, -0.05) is 20.8 Å². The lowest BCUT2D eigenvalue weighted by Gasteiger charge is -2.25. The van der Waals surface area contributed by atoms with Gasteiger partial charge in [0.05, 0.1) is 0 Å². The van der Waals surface area contributed by atoms with Crippen molar-refractivity contribution in [2.75, 3.05) is 19.7 Å². The van der Waals surface area contributed by atoms with Crippen molar-refractivity contribution in [3.8, 4) is 0 Å². The summed E-state index contributed by atoms with van der Waals surface area (Å²) in [6, 6.07) is -0.402. The second kappa shape index (κ2) is 4.49. The second-order valence-corrected chi connectivity index (χ2v) is 5.06. The Bertz CT molecular complexity index is 240. The highest BCUT2D eigenvalue weighted by Crippen LogP contribution is 2.36. The summed E-state index contributed by atoms with van der Waals surface area (Å²) in [6.07, 6.45) is 0.615. The third kappa shape index (κ3) is 2.49. The molecule has 1 fully saturated rings. The highest BCUT2D eigenvalue weighted by atomic mass is 16.4. The van der Waals surface area contributed by atoms with Crippen molar-refractivity contribution < 1.29 is 15.0 Å². The summed E-state index contributed by atoms with van der Waals surface area (Å²) in [7, 11) is 0. The fourth-order valence-corrected chi connectivity index (χ4v) is 2.38. The maximum Gasteiger partial charge on any atom is 0.320 e. The minimum absolute atomic E-state index is 0.0115. The van der Waals surface area contributed by atoms with E-state index in [9.17, 15) is 9.90 Å². The fourth-order valence-electron chi connectivity index (χ4n) is 2.38. The molecule has 0 amide bonds. The van der Waals surface area contributed by atoms with Gasteiger partial charge in [0, 0.05) is 25.6 Å². The molecule has 15 heavy (non-hydrogen) atoms. The lowest BCUT2D eigenvalue weighted by Crippen LogP contribution is -2.40. The zero-order valence-electron chi connectivity index (χ0n) is 9.73. The van der Waals surface area contributed by atoms with Crippen LogP contribution in [0.3, 0.4) is 0 Å². The number of hydrogen-bond acceptors (Lipinski definition) is 3. The van der Waals surface area contributed by atoms with Crippen LogP contribution in [0.25, 0.3) is 0 Å². The minimum Gasteiger partial charge on any atom is -0.480 e. The van der Waals surface area contributed by atoms with Crippen LogP contribution in [0.1, 0.15) is 27.2 Å². The monoisotopic (exact) mass is 215 g/mol. The van der Waals surface area contributed by atoms with Gasteiger partial charge in [-0.15, -0.1) is 0 Å². The van der Waals surface area contributed by atoms with Crippen molar-refractivity contribution in [2.24, 2.45) is 11.3 Å². The third-order valence-corrected chi connectivity index (χ3v) is 3.50. The van der Waals surface area contributed by atoms with Crippen LogP contribution in [0.5, 0.6) is 0 Å². The normalized spacial score (nSPS) is 27.9. The average molecular weight is 215 g/mol. The standard InChI is InChI=1S/C11H21NO3/c1-4-9(10(14)15)12-5-8(6-13)11(2,3)7-12/h8-9,13H,4-7H2,1-3H3,(H,14,15)/t8-,9+/m1/s1. The Hall–Kier alpha value is -0.610. The van der Waals surface area contributed by atoms with E-state index < -0.39 is 12.0 Å². The molecule has 88 valence electrons. The fraction of sp³-hybridized carbons (Fsp3) is 0.909. The Morgan fingerprint density at radius 3 is 2.53 bits per heavy atom. The number of carboxylic acids is 1. The van der Waals surface area contributed by atoms with E-state index in [2.05, 4.69) is 13.8 Å². The van der Waals surface area contributed by atoms with Gasteiger partial charge >= 0.3 is 5.97 Å². The van der Waals surface area contributed by atoms with Crippen molar-refractivity contribution in [2.45, 2.75) is 33.2 Å². The summed E-state index contributed by atoms with van der Waals surface area (Å²) in [6.45, 7) is 7.64. The van der Waals surface area contributed by atoms with Crippen LogP contribution in [0.4, 0.5) is 0 Å². The molecule has 0 aliphatic carbocycles. The Labute approximate surface area is 90.9 Å². The first-order chi connectivity index (χ1) is 6.92. The van der Waals surface area contributed by atoms with Gasteiger partial charge < -0.3 is 10.2 Å². The number of carbonyl (C=O) groups is 1. The molecule has 0 aromatic carbocycles. The van der Waals surface area contributed by atoms with E-state index >= 15 is 0 Å². The molecule has 4 nitrogen and oxygen atoms in total. The lowest BCUT2D eigenvalue weighted by molar-refractivity contribution is -0.143. The Morgan fingerprint density at radius 2 is 2.20 bits per heavy atom. The Morgan fingerprint density at radius 1 is 1.60 bits per heavy atom. The molecule has 0 spiro atoms. The molecule has 0 aromatic rings. The molecule has 2 atom stereocenters. The van der Waals surface area contributed by atoms with Gasteiger partial charge in [0.15, 0.2) is 0 Å². The van der Waals surface area contributed by atoms with Crippen LogP contribution in [0.2, 0.25) is 0 Å². The first-order valence-electron chi connectivity index (χ1n) is 5.50. The van der Waals surface area contributed by atoms with E-state index in [1.54, 1.807) is 0 Å². The second-order valence-electron chi connectivity index (χ2n) is 5.06. The molecule has 0 radical (unpaired) electrons. The van der Waals surface area contributed by atoms with E-state index in [4.69, 9.17) is 5.11 Å². The SMILES string of the molecule is CC[C@@H](C(=O)O)N1C[C@H](CO)C(C)(C)C1. The molecule has 0 saturated carbocycles. The molecule has 1 aliphatic heterocycles. The van der Waals surface area contributed by atoms with Crippen LogP contribution in [0, 0.1) is 11.3 Å². The Balaban J connectivity index is 2.72. The van der Waals surface area contributed by atoms with Crippen molar-refractivity contribution >= 4 is 5.97 Å². The summed E-state index contributed by atoms with van der Waals surface area (Å²) in [4.78, 5) is 13.0. The van der Waals surface area contributed by atoms with Crippen LogP contribution in [0.15, 0.2) is 0 Å². The summed E-state index contributed by atoms with van der Waals surface area (Å²) in [5.41, 5.74) is 0.0115. The molecule has 1 heterocycles. The number of likely N-dealkylation sites (tertiary alicyclic amines) is 1. The van der Waals surface area contributed by atoms with Gasteiger partial charge in [-0.05, 0) is 11.8 Å². The van der Waals surface area contributed by atoms with Crippen LogP contribution < -0.4 is 0 Å². The number of aliphatic carboxylic acids is 1. The van der Waals surface area contributed by atoms with Crippen molar-refractivity contribution in [1.29, 1.82) is 0 Å². The average Bonchev–Trinajstić information content (AvgIpc) is 2.41. The number of aliphatic hydroxyl groups is 1. The van der Waals surface area contributed by atoms with Crippen LogP contribution in [-0.2, 0) is 4.79 Å². The predicted octanol–water partition coefficient (Wildman–Crippen LogP) is 0.800. The van der Waals surface area contributed by atoms with E-state index in [1.807, 2.05) is 11.8 Å². The quantitative estimate of drug-likeness (QED) is 0.728. The predicted molar refractivity (Wildman–Crippen MR) is 57.6 cm³/mol. The number of aliphatic hydroxyl groups excluding tert-OH is 1. The largest absolute Gasteiger partial charge is 0.480 e. The summed E-state index contributed by atoms with van der Waals surface area (Å²) >= 11 is 0. The summed E-state index contributed by atoms with van der Waals surface area (Å²) in [5, 5.41) is 18.3. The van der Waals surface area contributed by atoms with E-state index in [1.165, 1.54) is 0 Å². The molecule has 0 unspecified atom stereocenters. The molecule has 4 heteroatoms. The molecule has 1 rings (SSSR count). The Kier molecular flexibility index (Phi) is 3.73. The molecular formula is C11H21NO3. The molecule has 0 aromatic heterocycles. The first-order valence-corrected chi connectivity index (χ1v) is 5.50. The maximum absolute atomic E-state index is 11.0. The van der Waals surface area contributed by atoms with Gasteiger partial charge in [-0.2, -0.15) is 0 Å². The van der Waals surface area contributed by atoms with Gasteiger partial charge in [0.1, 0.15) is 6.04 Å². The first kappa shape index (κ1) is 12.5. The van der Waals surface area contributed by atoms with Gasteiger partial charge in [0.2, 0.25) is 0 Å². The molecule has 2 N–H and O–H groups in total. The topological polar surface area (TPSA) is 60.8 Å². The highest BCUT2D eigenvalue weighted by molar-refractivity contribution is 5.73. The minimum atomic E-state index is -0.758. The summed E-state index contributed by atoms with van der Waals surface area (Å²) in [5.74, 6) is -0.571. The molecule has 1 aliphatic rings. The highest BCUT2D eigenvalue weighted by Gasteiger charge is 2.42. The van der Waals surface area contributed by atoms with Crippen LogP contribution in [-0.4, -0.2) is 46.8 Å². The molecule has 1 saturated heterocycles. The number of hydrogen-bond donors (Lipinski definition) is 2.